The van der Waals surface area contributed by atoms with Gasteiger partial charge in [-0.2, -0.15) is 0 Å². The Morgan fingerprint density at radius 3 is 1.56 bits per heavy atom. The van der Waals surface area contributed by atoms with Crippen molar-refractivity contribution < 1.29 is 4.79 Å². The maximum absolute atomic E-state index is 12.6. The van der Waals surface area contributed by atoms with Crippen LogP contribution in [0.25, 0.3) is 0 Å². The molecule has 1 amide bonds. The molecule has 1 heterocycles. The molecule has 0 fully saturated rings. The normalized spacial score (nSPS) is 11.0. The lowest BCUT2D eigenvalue weighted by Gasteiger charge is -2.31. The lowest BCUT2D eigenvalue weighted by Crippen LogP contribution is -2.56. The van der Waals surface area contributed by atoms with Crippen molar-refractivity contribution in [2.24, 2.45) is 0 Å². The number of aromatic nitrogens is 3. The molecule has 0 aliphatic carbocycles. The van der Waals surface area contributed by atoms with Crippen LogP contribution in [-0.2, 0) is 24.4 Å². The smallest absolute Gasteiger partial charge is 0.336 e. The summed E-state index contributed by atoms with van der Waals surface area (Å²) in [6.45, 7) is 13.9. The summed E-state index contributed by atoms with van der Waals surface area (Å²) in [7, 11) is 0. The van der Waals surface area contributed by atoms with Gasteiger partial charge < -0.3 is 4.90 Å². The van der Waals surface area contributed by atoms with E-state index in [2.05, 4.69) is 13.2 Å². The van der Waals surface area contributed by atoms with Crippen LogP contribution in [0.3, 0.4) is 0 Å². The number of carbonyl (C=O) groups excluding carboxylic acids is 1. The first-order chi connectivity index (χ1) is 11.7. The molecule has 0 aliphatic rings. The molecule has 0 bridgehead atoms. The van der Waals surface area contributed by atoms with Crippen molar-refractivity contribution in [1.82, 2.24) is 18.6 Å². The second-order valence-electron chi connectivity index (χ2n) is 6.22. The minimum Gasteiger partial charge on any atom is -0.336 e. The van der Waals surface area contributed by atoms with Crippen molar-refractivity contribution in [3.63, 3.8) is 0 Å². The molecule has 1 rings (SSSR count). The van der Waals surface area contributed by atoms with E-state index < -0.39 is 23.6 Å². The SMILES string of the molecule is C=CCn1c(=O)n(CC=C)c(=O)n(CC(=O)N(C(C)C)C(C)C)c1=O. The molecule has 1 aromatic heterocycles. The number of hydrogen-bond donors (Lipinski definition) is 0. The molecule has 8 nitrogen and oxygen atoms in total. The zero-order valence-corrected chi connectivity index (χ0v) is 15.3. The second-order valence-corrected chi connectivity index (χ2v) is 6.22. The predicted octanol–water partition coefficient (Wildman–Crippen LogP) is 0.189. The molecular weight excluding hydrogens is 324 g/mol. The standard InChI is InChI=1S/C17H26N4O4/c1-7-9-18-15(23)19(10-8-2)17(25)20(16(18)24)11-14(22)21(12(3)4)13(5)6/h7-8,12-13H,1-2,9-11H2,3-6H3. The van der Waals surface area contributed by atoms with E-state index in [1.807, 2.05) is 27.7 Å². The molecule has 0 saturated heterocycles. The van der Waals surface area contributed by atoms with Gasteiger partial charge in [-0.1, -0.05) is 12.2 Å². The maximum atomic E-state index is 12.6. The molecule has 0 radical (unpaired) electrons. The fourth-order valence-electron chi connectivity index (χ4n) is 2.78. The van der Waals surface area contributed by atoms with Gasteiger partial charge in [-0.05, 0) is 27.7 Å². The van der Waals surface area contributed by atoms with Crippen LogP contribution in [0.2, 0.25) is 0 Å². The zero-order valence-electron chi connectivity index (χ0n) is 15.3. The van der Waals surface area contributed by atoms with Gasteiger partial charge in [0.25, 0.3) is 0 Å². The molecule has 138 valence electrons. The Labute approximate surface area is 146 Å². The van der Waals surface area contributed by atoms with Crippen LogP contribution in [0.5, 0.6) is 0 Å². The molecule has 0 N–H and O–H groups in total. The van der Waals surface area contributed by atoms with Crippen molar-refractivity contribution in [2.75, 3.05) is 0 Å². The Bertz CT molecular complexity index is 770. The van der Waals surface area contributed by atoms with Gasteiger partial charge in [0.1, 0.15) is 6.54 Å². The molecule has 1 aromatic rings. The molecule has 0 saturated carbocycles. The van der Waals surface area contributed by atoms with Gasteiger partial charge in [0.05, 0.1) is 13.1 Å². The largest absolute Gasteiger partial charge is 0.337 e. The number of rotatable bonds is 8. The van der Waals surface area contributed by atoms with Crippen LogP contribution in [0.15, 0.2) is 39.7 Å². The Balaban J connectivity index is 3.54. The van der Waals surface area contributed by atoms with Crippen molar-refractivity contribution in [2.45, 2.75) is 59.4 Å². The third-order valence-electron chi connectivity index (χ3n) is 3.70. The summed E-state index contributed by atoms with van der Waals surface area (Å²) in [5.41, 5.74) is -2.39. The lowest BCUT2D eigenvalue weighted by molar-refractivity contribution is -0.135. The van der Waals surface area contributed by atoms with Gasteiger partial charge in [-0.3, -0.25) is 4.79 Å². The highest BCUT2D eigenvalue weighted by Gasteiger charge is 2.23. The van der Waals surface area contributed by atoms with Crippen molar-refractivity contribution >= 4 is 5.91 Å². The molecule has 0 atom stereocenters. The molecular formula is C17H26N4O4. The molecule has 0 aromatic carbocycles. The Morgan fingerprint density at radius 1 is 0.880 bits per heavy atom. The van der Waals surface area contributed by atoms with Crippen LogP contribution < -0.4 is 17.1 Å². The quantitative estimate of drug-likeness (QED) is 0.626. The Kier molecular flexibility index (Phi) is 6.90. The zero-order chi connectivity index (χ0) is 19.3. The summed E-state index contributed by atoms with van der Waals surface area (Å²) >= 11 is 0. The fraction of sp³-hybridized carbons (Fsp3) is 0.529. The predicted molar refractivity (Wildman–Crippen MR) is 96.7 cm³/mol. The lowest BCUT2D eigenvalue weighted by atomic mass is 10.2. The molecule has 0 unspecified atom stereocenters. The average molecular weight is 350 g/mol. The Hall–Kier alpha value is -2.64. The van der Waals surface area contributed by atoms with E-state index in [0.29, 0.717) is 0 Å². The van der Waals surface area contributed by atoms with Crippen LogP contribution in [0.4, 0.5) is 0 Å². The second kappa shape index (κ2) is 8.46. The summed E-state index contributed by atoms with van der Waals surface area (Å²) in [5.74, 6) is -0.363. The average Bonchev–Trinajstić information content (AvgIpc) is 2.51. The van der Waals surface area contributed by atoms with E-state index in [0.717, 1.165) is 13.7 Å². The van der Waals surface area contributed by atoms with Crippen molar-refractivity contribution in [3.05, 3.63) is 56.8 Å². The van der Waals surface area contributed by atoms with E-state index in [-0.39, 0.29) is 31.1 Å². The first kappa shape index (κ1) is 20.4. The number of allylic oxidation sites excluding steroid dienone is 2. The Morgan fingerprint density at radius 2 is 1.24 bits per heavy atom. The van der Waals surface area contributed by atoms with Crippen LogP contribution in [0.1, 0.15) is 27.7 Å². The molecule has 0 aliphatic heterocycles. The summed E-state index contributed by atoms with van der Waals surface area (Å²) in [4.78, 5) is 51.6. The van der Waals surface area contributed by atoms with Gasteiger partial charge in [0, 0.05) is 12.1 Å². The number of carbonyl (C=O) groups is 1. The van der Waals surface area contributed by atoms with Gasteiger partial charge in [-0.15, -0.1) is 13.2 Å². The molecule has 8 heteroatoms. The van der Waals surface area contributed by atoms with E-state index in [1.54, 1.807) is 4.90 Å². The van der Waals surface area contributed by atoms with E-state index in [9.17, 15) is 19.2 Å². The van der Waals surface area contributed by atoms with E-state index >= 15 is 0 Å². The van der Waals surface area contributed by atoms with E-state index in [1.165, 1.54) is 12.2 Å². The first-order valence-electron chi connectivity index (χ1n) is 8.14. The van der Waals surface area contributed by atoms with Gasteiger partial charge >= 0.3 is 17.1 Å². The van der Waals surface area contributed by atoms with Crippen molar-refractivity contribution in [3.8, 4) is 0 Å². The van der Waals surface area contributed by atoms with Crippen LogP contribution in [0, 0.1) is 0 Å². The summed E-state index contributed by atoms with van der Waals surface area (Å²) in [6.07, 6.45) is 2.76. The topological polar surface area (TPSA) is 86.3 Å². The minimum absolute atomic E-state index is 0.0542. The van der Waals surface area contributed by atoms with Gasteiger partial charge in [-0.25, -0.2) is 28.1 Å². The van der Waals surface area contributed by atoms with E-state index in [4.69, 9.17) is 0 Å². The fourth-order valence-corrected chi connectivity index (χ4v) is 2.78. The molecule has 0 spiro atoms. The minimum atomic E-state index is -0.823. The van der Waals surface area contributed by atoms with Gasteiger partial charge in [0.15, 0.2) is 0 Å². The van der Waals surface area contributed by atoms with Gasteiger partial charge in [0.2, 0.25) is 5.91 Å². The van der Waals surface area contributed by atoms with Crippen molar-refractivity contribution in [1.29, 1.82) is 0 Å². The summed E-state index contributed by atoms with van der Waals surface area (Å²) < 4.78 is 2.54. The monoisotopic (exact) mass is 350 g/mol. The highest BCUT2D eigenvalue weighted by atomic mass is 16.2. The first-order valence-corrected chi connectivity index (χ1v) is 8.14. The molecule has 25 heavy (non-hydrogen) atoms. The number of nitrogens with zero attached hydrogens (tertiary/aromatic N) is 4. The summed E-state index contributed by atoms with van der Waals surface area (Å²) in [6, 6.07) is -0.171. The van der Waals surface area contributed by atoms with Crippen LogP contribution in [-0.4, -0.2) is 36.6 Å². The third kappa shape index (κ3) is 4.26. The number of amides is 1. The highest BCUT2D eigenvalue weighted by Crippen LogP contribution is 2.05. The maximum Gasteiger partial charge on any atom is 0.337 e. The summed E-state index contributed by atoms with van der Waals surface area (Å²) in [5, 5.41) is 0. The van der Waals surface area contributed by atoms with Crippen LogP contribution >= 0.6 is 0 Å². The third-order valence-corrected chi connectivity index (χ3v) is 3.70. The number of hydrogen-bond acceptors (Lipinski definition) is 4. The highest BCUT2D eigenvalue weighted by molar-refractivity contribution is 5.76.